The minimum Gasteiger partial charge on any atom is -0.441 e. The quantitative estimate of drug-likeness (QED) is 0.681. The van der Waals surface area contributed by atoms with Crippen molar-refractivity contribution in [2.45, 2.75) is 39.2 Å². The van der Waals surface area contributed by atoms with Gasteiger partial charge in [-0.15, -0.1) is 0 Å². The van der Waals surface area contributed by atoms with Crippen LogP contribution in [-0.2, 0) is 4.79 Å². The van der Waals surface area contributed by atoms with Crippen LogP contribution in [0.3, 0.4) is 0 Å². The molecule has 4 rings (SSSR count). The number of oxazole rings is 1. The Morgan fingerprint density at radius 3 is 2.54 bits per heavy atom. The summed E-state index contributed by atoms with van der Waals surface area (Å²) in [6, 6.07) is 13.4. The van der Waals surface area contributed by atoms with Crippen molar-refractivity contribution < 1.29 is 9.21 Å². The second-order valence-electron chi connectivity index (χ2n) is 7.37. The lowest BCUT2D eigenvalue weighted by molar-refractivity contribution is -0.116. The topological polar surface area (TPSA) is 70.4 Å². The van der Waals surface area contributed by atoms with Crippen LogP contribution in [0.5, 0.6) is 0 Å². The number of amides is 1. The van der Waals surface area contributed by atoms with Crippen LogP contribution in [0.4, 0.5) is 17.1 Å². The molecule has 0 radical (unpaired) electrons. The highest BCUT2D eigenvalue weighted by atomic mass is 16.3. The van der Waals surface area contributed by atoms with Crippen LogP contribution in [0.1, 0.15) is 32.1 Å². The molecule has 6 heteroatoms. The van der Waals surface area contributed by atoms with Gasteiger partial charge in [0.15, 0.2) is 11.5 Å². The number of piperidine rings is 1. The predicted octanol–water partition coefficient (Wildman–Crippen LogP) is 4.57. The fourth-order valence-corrected chi connectivity index (χ4v) is 3.61. The molecule has 1 aliphatic rings. The average Bonchev–Trinajstić information content (AvgIpc) is 3.08. The molecule has 1 atom stereocenters. The van der Waals surface area contributed by atoms with Gasteiger partial charge in [-0.05, 0) is 68.7 Å². The van der Waals surface area contributed by atoms with Crippen LogP contribution >= 0.6 is 0 Å². The minimum absolute atomic E-state index is 0.0813. The lowest BCUT2D eigenvalue weighted by atomic mass is 10.1. The van der Waals surface area contributed by atoms with E-state index in [9.17, 15) is 4.79 Å². The van der Waals surface area contributed by atoms with Crippen molar-refractivity contribution in [1.29, 1.82) is 0 Å². The highest BCUT2D eigenvalue weighted by Gasteiger charge is 2.15. The smallest absolute Gasteiger partial charge is 0.246 e. The maximum atomic E-state index is 12.6. The summed E-state index contributed by atoms with van der Waals surface area (Å²) >= 11 is 0. The molecule has 1 fully saturated rings. The van der Waals surface area contributed by atoms with Gasteiger partial charge in [-0.3, -0.25) is 4.79 Å². The number of benzene rings is 2. The van der Waals surface area contributed by atoms with Gasteiger partial charge in [-0.1, -0.05) is 0 Å². The second kappa shape index (κ2) is 7.92. The molecule has 0 saturated carbocycles. The van der Waals surface area contributed by atoms with Gasteiger partial charge in [0, 0.05) is 37.1 Å². The fraction of sp³-hybridized carbons (Fsp3) is 0.364. The van der Waals surface area contributed by atoms with Gasteiger partial charge in [0.2, 0.25) is 5.91 Å². The number of hydrogen-bond acceptors (Lipinski definition) is 5. The van der Waals surface area contributed by atoms with E-state index in [0.29, 0.717) is 5.89 Å². The molecule has 1 aromatic heterocycles. The van der Waals surface area contributed by atoms with Gasteiger partial charge < -0.3 is 20.0 Å². The molecule has 0 unspecified atom stereocenters. The number of nitrogens with zero attached hydrogens (tertiary/aromatic N) is 2. The highest BCUT2D eigenvalue weighted by molar-refractivity contribution is 5.96. The summed E-state index contributed by atoms with van der Waals surface area (Å²) in [5.41, 5.74) is 4.39. The van der Waals surface area contributed by atoms with Crippen molar-refractivity contribution in [3.05, 3.63) is 48.4 Å². The number of aryl methyl sites for hydroxylation is 1. The minimum atomic E-state index is -0.382. The molecule has 0 spiro atoms. The maximum absolute atomic E-state index is 12.6. The molecule has 1 saturated heterocycles. The number of carbonyl (C=O) groups excluding carboxylic acids is 1. The van der Waals surface area contributed by atoms with Crippen LogP contribution in [-0.4, -0.2) is 30.0 Å². The molecule has 6 nitrogen and oxygen atoms in total. The van der Waals surface area contributed by atoms with E-state index < -0.39 is 0 Å². The molecule has 146 valence electrons. The number of rotatable bonds is 5. The van der Waals surface area contributed by atoms with Gasteiger partial charge in [-0.2, -0.15) is 0 Å². The largest absolute Gasteiger partial charge is 0.441 e. The van der Waals surface area contributed by atoms with E-state index in [-0.39, 0.29) is 11.9 Å². The van der Waals surface area contributed by atoms with Gasteiger partial charge >= 0.3 is 0 Å². The Morgan fingerprint density at radius 1 is 1.07 bits per heavy atom. The van der Waals surface area contributed by atoms with Crippen LogP contribution in [0.25, 0.3) is 11.1 Å². The Kier molecular flexibility index (Phi) is 5.19. The fourth-order valence-electron chi connectivity index (χ4n) is 3.61. The number of carbonyl (C=O) groups is 1. The van der Waals surface area contributed by atoms with E-state index >= 15 is 0 Å². The number of fused-ring (bicyclic) bond motifs is 1. The van der Waals surface area contributed by atoms with E-state index in [2.05, 4.69) is 32.7 Å². The third-order valence-electron chi connectivity index (χ3n) is 5.13. The molecule has 2 heterocycles. The summed E-state index contributed by atoms with van der Waals surface area (Å²) < 4.78 is 5.49. The van der Waals surface area contributed by atoms with Gasteiger partial charge in [0.25, 0.3) is 0 Å². The van der Waals surface area contributed by atoms with Crippen molar-refractivity contribution in [2.75, 3.05) is 28.6 Å². The standard InChI is InChI=1S/C22H26N4O2/c1-15(23-18-8-11-21-20(14-18)24-16(2)28-21)22(27)25-17-6-9-19(10-7-17)26-12-4-3-5-13-26/h6-11,14-15,23H,3-5,12-13H2,1-2H3,(H,25,27)/t15-/m0/s1. The zero-order valence-electron chi connectivity index (χ0n) is 16.4. The van der Waals surface area contributed by atoms with Gasteiger partial charge in [0.1, 0.15) is 11.6 Å². The van der Waals surface area contributed by atoms with Gasteiger partial charge in [-0.25, -0.2) is 4.98 Å². The molecule has 0 aliphatic carbocycles. The summed E-state index contributed by atoms with van der Waals surface area (Å²) in [6.45, 7) is 5.89. The van der Waals surface area contributed by atoms with Gasteiger partial charge in [0.05, 0.1) is 0 Å². The zero-order chi connectivity index (χ0) is 19.5. The first-order valence-corrected chi connectivity index (χ1v) is 9.88. The average molecular weight is 378 g/mol. The second-order valence-corrected chi connectivity index (χ2v) is 7.37. The first-order valence-electron chi connectivity index (χ1n) is 9.88. The van der Waals surface area contributed by atoms with Crippen LogP contribution in [0.2, 0.25) is 0 Å². The first kappa shape index (κ1) is 18.3. The lowest BCUT2D eigenvalue weighted by Gasteiger charge is -2.28. The Labute approximate surface area is 164 Å². The number of anilines is 3. The first-order chi connectivity index (χ1) is 13.6. The van der Waals surface area contributed by atoms with Crippen LogP contribution < -0.4 is 15.5 Å². The molecule has 3 aromatic rings. The summed E-state index contributed by atoms with van der Waals surface area (Å²) in [6.07, 6.45) is 3.82. The van der Waals surface area contributed by atoms with E-state index in [1.807, 2.05) is 44.2 Å². The molecule has 0 bridgehead atoms. The molecular weight excluding hydrogens is 352 g/mol. The molecule has 28 heavy (non-hydrogen) atoms. The Bertz CT molecular complexity index is 958. The van der Waals surface area contributed by atoms with E-state index in [4.69, 9.17) is 4.42 Å². The highest BCUT2D eigenvalue weighted by Crippen LogP contribution is 2.23. The zero-order valence-corrected chi connectivity index (χ0v) is 16.4. The van der Waals surface area contributed by atoms with Crippen molar-refractivity contribution in [2.24, 2.45) is 0 Å². The molecule has 1 amide bonds. The summed E-state index contributed by atoms with van der Waals surface area (Å²) in [7, 11) is 0. The van der Waals surface area contributed by atoms with E-state index in [1.54, 1.807) is 0 Å². The number of hydrogen-bond donors (Lipinski definition) is 2. The van der Waals surface area contributed by atoms with Crippen LogP contribution in [0.15, 0.2) is 46.9 Å². The van der Waals surface area contributed by atoms with Crippen molar-refractivity contribution >= 4 is 34.1 Å². The normalized spacial score (nSPS) is 15.4. The number of aromatic nitrogens is 1. The summed E-state index contributed by atoms with van der Waals surface area (Å²) in [4.78, 5) is 19.3. The maximum Gasteiger partial charge on any atom is 0.246 e. The van der Waals surface area contributed by atoms with Crippen molar-refractivity contribution in [3.63, 3.8) is 0 Å². The molecule has 2 aromatic carbocycles. The summed E-state index contributed by atoms with van der Waals surface area (Å²) in [5, 5.41) is 6.20. The predicted molar refractivity (Wildman–Crippen MR) is 113 cm³/mol. The van der Waals surface area contributed by atoms with E-state index in [0.717, 1.165) is 35.6 Å². The Morgan fingerprint density at radius 2 is 1.79 bits per heavy atom. The third kappa shape index (κ3) is 4.11. The van der Waals surface area contributed by atoms with E-state index in [1.165, 1.54) is 24.9 Å². The Hall–Kier alpha value is -3.02. The SMILES string of the molecule is Cc1nc2cc(N[C@@H](C)C(=O)Nc3ccc(N4CCCCC4)cc3)ccc2o1. The van der Waals surface area contributed by atoms with Crippen molar-refractivity contribution in [3.8, 4) is 0 Å². The Balaban J connectivity index is 1.36. The van der Waals surface area contributed by atoms with Crippen molar-refractivity contribution in [1.82, 2.24) is 4.98 Å². The monoisotopic (exact) mass is 378 g/mol. The molecule has 2 N–H and O–H groups in total. The molecule has 1 aliphatic heterocycles. The summed E-state index contributed by atoms with van der Waals surface area (Å²) in [5.74, 6) is 0.549. The lowest BCUT2D eigenvalue weighted by Crippen LogP contribution is -2.32. The third-order valence-corrected chi connectivity index (χ3v) is 5.13. The van der Waals surface area contributed by atoms with Crippen LogP contribution in [0, 0.1) is 6.92 Å². The number of nitrogens with one attached hydrogen (secondary N) is 2. The molecular formula is C22H26N4O2.